The molecular formula is C39H51N7O7. The average molecular weight is 730 g/mol. The number of benzene rings is 2. The maximum absolute atomic E-state index is 13.6. The molecule has 0 bridgehead atoms. The molecule has 0 unspecified atom stereocenters. The van der Waals surface area contributed by atoms with Gasteiger partial charge in [-0.05, 0) is 61.4 Å². The number of rotatable bonds is 16. The van der Waals surface area contributed by atoms with Crippen molar-refractivity contribution in [2.24, 2.45) is 5.92 Å². The Labute approximate surface area is 310 Å². The zero-order chi connectivity index (χ0) is 37.3. The van der Waals surface area contributed by atoms with Gasteiger partial charge in [0.2, 0.25) is 5.91 Å². The highest BCUT2D eigenvalue weighted by molar-refractivity contribution is 5.86. The first-order chi connectivity index (χ1) is 25.8. The highest BCUT2D eigenvalue weighted by Crippen LogP contribution is 2.45. The summed E-state index contributed by atoms with van der Waals surface area (Å²) >= 11 is 0. The molecule has 0 aliphatic carbocycles. The molecule has 2 fully saturated rings. The summed E-state index contributed by atoms with van der Waals surface area (Å²) in [6.45, 7) is 6.87. The zero-order valence-corrected chi connectivity index (χ0v) is 31.2. The van der Waals surface area contributed by atoms with Crippen LogP contribution in [0.3, 0.4) is 0 Å². The molecule has 2 aliphatic rings. The lowest BCUT2D eigenvalue weighted by Crippen LogP contribution is -2.51. The minimum absolute atomic E-state index is 0.110. The minimum atomic E-state index is -0.695. The third kappa shape index (κ3) is 8.66. The zero-order valence-electron chi connectivity index (χ0n) is 31.2. The smallest absolute Gasteiger partial charge is 0.407 e. The number of aromatic amines is 2. The van der Waals surface area contributed by atoms with Gasteiger partial charge in [-0.15, -0.1) is 0 Å². The normalized spacial score (nSPS) is 17.7. The Morgan fingerprint density at radius 1 is 0.811 bits per heavy atom. The number of methoxy groups -OCH3 is 3. The number of aromatic nitrogens is 4. The minimum Gasteiger partial charge on any atom is -0.487 e. The molecule has 2 aromatic carbocycles. The number of hydrogen-bond acceptors (Lipinski definition) is 10. The van der Waals surface area contributed by atoms with Crippen molar-refractivity contribution in [2.45, 2.75) is 57.7 Å². The number of nitrogens with zero attached hydrogens (tertiary/aromatic N) is 3. The van der Waals surface area contributed by atoms with E-state index in [0.29, 0.717) is 50.3 Å². The Morgan fingerprint density at radius 3 is 2.11 bits per heavy atom. The standard InChI is InChI=1S/C39H51N7O7/c1-24(2)33(45-39(48)51-5)38(47)46-17-7-9-32(46)37-42-22-30(43-37)26-12-10-25(11-13-26)27-14-15-28(31-23-41-36(44-31)29-8-6-16-40-29)35(53-21-19-50-4)34(27)52-20-18-49-3/h10-15,22-24,29,32-33,40H,6-9,16-21H2,1-5H3,(H,41,44)(H,42,43)(H,45,48)/t29-,32-,33-/m0/s1. The van der Waals surface area contributed by atoms with Crippen molar-refractivity contribution in [1.29, 1.82) is 0 Å². The lowest BCUT2D eigenvalue weighted by atomic mass is 9.98. The first kappa shape index (κ1) is 37.8. The molecule has 284 valence electrons. The van der Waals surface area contributed by atoms with E-state index in [9.17, 15) is 9.59 Å². The van der Waals surface area contributed by atoms with Crippen LogP contribution in [-0.4, -0.2) is 104 Å². The first-order valence-electron chi connectivity index (χ1n) is 18.3. The van der Waals surface area contributed by atoms with E-state index in [4.69, 9.17) is 33.7 Å². The molecule has 2 aliphatic heterocycles. The van der Waals surface area contributed by atoms with Gasteiger partial charge in [-0.2, -0.15) is 0 Å². The van der Waals surface area contributed by atoms with Crippen molar-refractivity contribution in [3.63, 3.8) is 0 Å². The molecule has 6 rings (SSSR count). The Morgan fingerprint density at radius 2 is 1.45 bits per heavy atom. The van der Waals surface area contributed by atoms with Crippen LogP contribution in [0.2, 0.25) is 0 Å². The largest absolute Gasteiger partial charge is 0.487 e. The molecule has 2 aromatic heterocycles. The summed E-state index contributed by atoms with van der Waals surface area (Å²) in [7, 11) is 4.58. The summed E-state index contributed by atoms with van der Waals surface area (Å²) < 4.78 is 28.2. The van der Waals surface area contributed by atoms with E-state index in [-0.39, 0.29) is 23.9 Å². The lowest BCUT2D eigenvalue weighted by molar-refractivity contribution is -0.135. The molecule has 0 radical (unpaired) electrons. The fourth-order valence-corrected chi connectivity index (χ4v) is 6.99. The van der Waals surface area contributed by atoms with Crippen LogP contribution in [0.5, 0.6) is 11.5 Å². The predicted molar refractivity (Wildman–Crippen MR) is 200 cm³/mol. The van der Waals surface area contributed by atoms with Crippen LogP contribution in [0.4, 0.5) is 4.79 Å². The van der Waals surface area contributed by atoms with E-state index in [0.717, 1.165) is 71.7 Å². The topological polar surface area (TPSA) is 165 Å². The summed E-state index contributed by atoms with van der Waals surface area (Å²) in [6, 6.07) is 11.5. The van der Waals surface area contributed by atoms with Gasteiger partial charge in [0.15, 0.2) is 11.5 Å². The van der Waals surface area contributed by atoms with E-state index in [2.05, 4.69) is 20.6 Å². The second kappa shape index (κ2) is 17.7. The van der Waals surface area contributed by atoms with Gasteiger partial charge < -0.3 is 49.2 Å². The van der Waals surface area contributed by atoms with Crippen molar-refractivity contribution in [1.82, 2.24) is 35.5 Å². The maximum atomic E-state index is 13.6. The summed E-state index contributed by atoms with van der Waals surface area (Å²) in [4.78, 5) is 43.8. The van der Waals surface area contributed by atoms with Crippen LogP contribution in [0.1, 0.15) is 63.3 Å². The van der Waals surface area contributed by atoms with Crippen molar-refractivity contribution in [3.05, 3.63) is 60.4 Å². The van der Waals surface area contributed by atoms with E-state index < -0.39 is 12.1 Å². The van der Waals surface area contributed by atoms with Gasteiger partial charge in [-0.25, -0.2) is 14.8 Å². The molecule has 3 atom stereocenters. The van der Waals surface area contributed by atoms with Crippen LogP contribution >= 0.6 is 0 Å². The van der Waals surface area contributed by atoms with Crippen molar-refractivity contribution < 1.29 is 33.3 Å². The molecule has 2 amide bonds. The average Bonchev–Trinajstić information content (AvgIpc) is 4.01. The van der Waals surface area contributed by atoms with Crippen LogP contribution < -0.4 is 20.1 Å². The number of imidazole rings is 2. The van der Waals surface area contributed by atoms with Gasteiger partial charge in [-0.1, -0.05) is 38.1 Å². The van der Waals surface area contributed by atoms with Crippen molar-refractivity contribution >= 4 is 12.0 Å². The number of carbonyl (C=O) groups is 2. The highest BCUT2D eigenvalue weighted by atomic mass is 16.6. The molecule has 0 saturated carbocycles. The predicted octanol–water partition coefficient (Wildman–Crippen LogP) is 5.65. The van der Waals surface area contributed by atoms with E-state index in [1.165, 1.54) is 7.11 Å². The number of alkyl carbamates (subject to hydrolysis) is 1. The summed E-state index contributed by atoms with van der Waals surface area (Å²) in [5.74, 6) is 2.57. The third-order valence-electron chi connectivity index (χ3n) is 9.80. The molecule has 53 heavy (non-hydrogen) atoms. The number of nitrogens with one attached hydrogen (secondary N) is 4. The van der Waals surface area contributed by atoms with Crippen LogP contribution in [0.15, 0.2) is 48.8 Å². The molecule has 2 saturated heterocycles. The Hall–Kier alpha value is -4.92. The molecule has 4 aromatic rings. The van der Waals surface area contributed by atoms with Gasteiger partial charge in [0.25, 0.3) is 0 Å². The molecular weight excluding hydrogens is 678 g/mol. The van der Waals surface area contributed by atoms with Gasteiger partial charge >= 0.3 is 6.09 Å². The number of H-pyrrole nitrogens is 2. The van der Waals surface area contributed by atoms with E-state index >= 15 is 0 Å². The molecule has 0 spiro atoms. The van der Waals surface area contributed by atoms with Gasteiger partial charge in [0, 0.05) is 31.9 Å². The third-order valence-corrected chi connectivity index (χ3v) is 9.80. The quantitative estimate of drug-likeness (QED) is 0.106. The van der Waals surface area contributed by atoms with E-state index in [1.54, 1.807) is 20.4 Å². The SMILES string of the molecule is COCCOc1c(-c2ccc(-c3cnc([C@@H]4CCCN4C(=O)[C@@H](NC(=O)OC)C(C)C)[nH]3)cc2)ccc(-c2cnc([C@@H]3CCCN3)[nH]2)c1OCCOC. The van der Waals surface area contributed by atoms with Crippen LogP contribution in [0, 0.1) is 5.92 Å². The fourth-order valence-electron chi connectivity index (χ4n) is 6.99. The molecule has 14 nitrogen and oxygen atoms in total. The summed E-state index contributed by atoms with van der Waals surface area (Å²) in [5.41, 5.74) is 5.27. The summed E-state index contributed by atoms with van der Waals surface area (Å²) in [5, 5.41) is 6.21. The second-order valence-corrected chi connectivity index (χ2v) is 13.6. The highest BCUT2D eigenvalue weighted by Gasteiger charge is 2.37. The molecule has 4 N–H and O–H groups in total. The second-order valence-electron chi connectivity index (χ2n) is 13.6. The molecule has 14 heteroatoms. The number of hydrogen-bond donors (Lipinski definition) is 4. The fraction of sp³-hybridized carbons (Fsp3) is 0.487. The van der Waals surface area contributed by atoms with Crippen LogP contribution in [0.25, 0.3) is 33.6 Å². The Kier molecular flexibility index (Phi) is 12.7. The summed E-state index contributed by atoms with van der Waals surface area (Å²) in [6.07, 6.45) is 6.80. The van der Waals surface area contributed by atoms with Crippen molar-refractivity contribution in [2.75, 3.05) is 60.8 Å². The number of ether oxygens (including phenoxy) is 5. The van der Waals surface area contributed by atoms with E-state index in [1.807, 2.05) is 61.3 Å². The molecule has 4 heterocycles. The Bertz CT molecular complexity index is 1820. The number of carbonyl (C=O) groups excluding carboxylic acids is 2. The van der Waals surface area contributed by atoms with Crippen molar-refractivity contribution in [3.8, 4) is 45.1 Å². The van der Waals surface area contributed by atoms with Gasteiger partial charge in [-0.3, -0.25) is 4.79 Å². The van der Waals surface area contributed by atoms with Gasteiger partial charge in [0.05, 0.1) is 56.2 Å². The lowest BCUT2D eigenvalue weighted by Gasteiger charge is -2.30. The monoisotopic (exact) mass is 729 g/mol. The Balaban J connectivity index is 1.27. The van der Waals surface area contributed by atoms with Crippen LogP contribution in [-0.2, 0) is 19.0 Å². The number of likely N-dealkylation sites (tertiary alicyclic amines) is 1. The maximum Gasteiger partial charge on any atom is 0.407 e. The number of amides is 2. The first-order valence-corrected chi connectivity index (χ1v) is 18.3. The van der Waals surface area contributed by atoms with Gasteiger partial charge in [0.1, 0.15) is 30.9 Å².